The lowest BCUT2D eigenvalue weighted by Crippen LogP contribution is -2.25. The summed E-state index contributed by atoms with van der Waals surface area (Å²) >= 11 is 0. The molecule has 0 aromatic heterocycles. The lowest BCUT2D eigenvalue weighted by molar-refractivity contribution is 0.0952. The summed E-state index contributed by atoms with van der Waals surface area (Å²) < 4.78 is 0. The molecule has 17 heavy (non-hydrogen) atoms. The van der Waals surface area contributed by atoms with E-state index in [1.54, 1.807) is 0 Å². The van der Waals surface area contributed by atoms with Gasteiger partial charge in [-0.15, -0.1) is 12.3 Å². The van der Waals surface area contributed by atoms with Gasteiger partial charge in [0, 0.05) is 18.5 Å². The Morgan fingerprint density at radius 2 is 2.12 bits per heavy atom. The maximum absolute atomic E-state index is 11.9. The number of rotatable bonds is 5. The van der Waals surface area contributed by atoms with Gasteiger partial charge >= 0.3 is 0 Å². The molecule has 90 valence electrons. The van der Waals surface area contributed by atoms with E-state index in [2.05, 4.69) is 11.2 Å². The maximum Gasteiger partial charge on any atom is 0.251 e. The maximum atomic E-state index is 11.9. The van der Waals surface area contributed by atoms with Gasteiger partial charge in [-0.25, -0.2) is 0 Å². The van der Waals surface area contributed by atoms with Crippen molar-refractivity contribution in [1.29, 1.82) is 0 Å². The first-order valence-corrected chi connectivity index (χ1v) is 5.94. The number of hydrogen-bond acceptors (Lipinski definition) is 1. The molecule has 0 spiro atoms. The van der Waals surface area contributed by atoms with E-state index in [1.807, 2.05) is 32.0 Å². The van der Waals surface area contributed by atoms with Crippen LogP contribution in [-0.4, -0.2) is 12.5 Å². The van der Waals surface area contributed by atoms with Crippen molar-refractivity contribution in [2.45, 2.75) is 33.1 Å². The molecule has 0 saturated carbocycles. The number of amides is 1. The zero-order valence-electron chi connectivity index (χ0n) is 10.5. The van der Waals surface area contributed by atoms with Crippen LogP contribution in [0.25, 0.3) is 0 Å². The first kappa shape index (κ1) is 13.3. The van der Waals surface area contributed by atoms with Gasteiger partial charge in [0.25, 0.3) is 5.91 Å². The number of carbonyl (C=O) groups is 1. The van der Waals surface area contributed by atoms with Gasteiger partial charge in [-0.2, -0.15) is 0 Å². The Bertz CT molecular complexity index is 429. The highest BCUT2D eigenvalue weighted by molar-refractivity contribution is 5.95. The Morgan fingerprint density at radius 3 is 2.76 bits per heavy atom. The van der Waals surface area contributed by atoms with E-state index in [4.69, 9.17) is 6.42 Å². The van der Waals surface area contributed by atoms with Crippen LogP contribution in [0.3, 0.4) is 0 Å². The highest BCUT2D eigenvalue weighted by atomic mass is 16.1. The molecule has 0 atom stereocenters. The standard InChI is InChI=1S/C15H19NO/c1-4-5-6-7-10-16-15(17)14-9-8-12(2)11-13(14)3/h1,8-9,11H,5-7,10H2,2-3H3,(H,16,17). The molecular formula is C15H19NO. The number of hydrogen-bond donors (Lipinski definition) is 1. The van der Waals surface area contributed by atoms with Crippen molar-refractivity contribution >= 4 is 5.91 Å². The molecular weight excluding hydrogens is 210 g/mol. The van der Waals surface area contributed by atoms with Crippen molar-refractivity contribution in [2.75, 3.05) is 6.54 Å². The van der Waals surface area contributed by atoms with Crippen molar-refractivity contribution in [3.63, 3.8) is 0 Å². The molecule has 2 nitrogen and oxygen atoms in total. The summed E-state index contributed by atoms with van der Waals surface area (Å²) in [7, 11) is 0. The van der Waals surface area contributed by atoms with Gasteiger partial charge in [0.2, 0.25) is 0 Å². The van der Waals surface area contributed by atoms with Gasteiger partial charge in [0.1, 0.15) is 0 Å². The fourth-order valence-corrected chi connectivity index (χ4v) is 1.72. The van der Waals surface area contributed by atoms with Crippen LogP contribution in [0.5, 0.6) is 0 Å². The van der Waals surface area contributed by atoms with E-state index in [0.717, 1.165) is 30.4 Å². The van der Waals surface area contributed by atoms with E-state index >= 15 is 0 Å². The fourth-order valence-electron chi connectivity index (χ4n) is 1.72. The van der Waals surface area contributed by atoms with Crippen molar-refractivity contribution in [1.82, 2.24) is 5.32 Å². The van der Waals surface area contributed by atoms with Gasteiger partial charge in [0.05, 0.1) is 0 Å². The molecule has 0 aliphatic heterocycles. The van der Waals surface area contributed by atoms with Crippen LogP contribution in [0, 0.1) is 26.2 Å². The molecule has 0 aliphatic carbocycles. The second-order valence-electron chi connectivity index (χ2n) is 4.24. The Labute approximate surface area is 103 Å². The fraction of sp³-hybridized carbons (Fsp3) is 0.400. The molecule has 0 fully saturated rings. The molecule has 1 rings (SSSR count). The van der Waals surface area contributed by atoms with Crippen molar-refractivity contribution in [3.8, 4) is 12.3 Å². The largest absolute Gasteiger partial charge is 0.352 e. The minimum absolute atomic E-state index is 0.00297. The third kappa shape index (κ3) is 4.32. The number of aryl methyl sites for hydroxylation is 2. The summed E-state index contributed by atoms with van der Waals surface area (Å²) in [5.41, 5.74) is 2.95. The number of nitrogens with one attached hydrogen (secondary N) is 1. The van der Waals surface area contributed by atoms with Crippen LogP contribution >= 0.6 is 0 Å². The number of terminal acetylenes is 1. The van der Waals surface area contributed by atoms with Gasteiger partial charge < -0.3 is 5.32 Å². The second kappa shape index (κ2) is 6.75. The Morgan fingerprint density at radius 1 is 1.35 bits per heavy atom. The monoisotopic (exact) mass is 229 g/mol. The molecule has 0 aliphatic rings. The number of carbonyl (C=O) groups excluding carboxylic acids is 1. The molecule has 0 saturated heterocycles. The molecule has 0 unspecified atom stereocenters. The first-order valence-electron chi connectivity index (χ1n) is 5.94. The summed E-state index contributed by atoms with van der Waals surface area (Å²) in [4.78, 5) is 11.9. The molecule has 2 heteroatoms. The normalized spacial score (nSPS) is 9.71. The van der Waals surface area contributed by atoms with E-state index in [0.29, 0.717) is 6.54 Å². The summed E-state index contributed by atoms with van der Waals surface area (Å²) in [5, 5.41) is 2.91. The van der Waals surface area contributed by atoms with Gasteiger partial charge in [-0.05, 0) is 38.3 Å². The van der Waals surface area contributed by atoms with E-state index < -0.39 is 0 Å². The lowest BCUT2D eigenvalue weighted by atomic mass is 10.1. The van der Waals surface area contributed by atoms with Crippen molar-refractivity contribution < 1.29 is 4.79 Å². The summed E-state index contributed by atoms with van der Waals surface area (Å²) in [6.07, 6.45) is 7.83. The van der Waals surface area contributed by atoms with Gasteiger partial charge in [-0.3, -0.25) is 4.79 Å². The van der Waals surface area contributed by atoms with Gasteiger partial charge in [-0.1, -0.05) is 17.7 Å². The molecule has 0 radical (unpaired) electrons. The minimum atomic E-state index is 0.00297. The average molecular weight is 229 g/mol. The third-order valence-corrected chi connectivity index (χ3v) is 2.66. The SMILES string of the molecule is C#CCCCCNC(=O)c1ccc(C)cc1C. The smallest absolute Gasteiger partial charge is 0.251 e. The third-order valence-electron chi connectivity index (χ3n) is 2.66. The summed E-state index contributed by atoms with van der Waals surface area (Å²) in [6.45, 7) is 4.67. The van der Waals surface area contributed by atoms with E-state index in [-0.39, 0.29) is 5.91 Å². The van der Waals surface area contributed by atoms with Crippen LogP contribution in [0.15, 0.2) is 18.2 Å². The zero-order valence-corrected chi connectivity index (χ0v) is 10.5. The lowest BCUT2D eigenvalue weighted by Gasteiger charge is -2.07. The Balaban J connectivity index is 2.45. The van der Waals surface area contributed by atoms with Crippen LogP contribution < -0.4 is 5.32 Å². The van der Waals surface area contributed by atoms with E-state index in [1.165, 1.54) is 5.56 Å². The van der Waals surface area contributed by atoms with Gasteiger partial charge in [0.15, 0.2) is 0 Å². The molecule has 1 amide bonds. The van der Waals surface area contributed by atoms with Crippen LogP contribution in [0.2, 0.25) is 0 Å². The van der Waals surface area contributed by atoms with E-state index in [9.17, 15) is 4.79 Å². The van der Waals surface area contributed by atoms with Crippen LogP contribution in [0.4, 0.5) is 0 Å². The Kier molecular flexibility index (Phi) is 5.29. The predicted octanol–water partition coefficient (Wildman–Crippen LogP) is 2.84. The Hall–Kier alpha value is -1.75. The molecule has 1 aromatic rings. The minimum Gasteiger partial charge on any atom is -0.352 e. The number of benzene rings is 1. The van der Waals surface area contributed by atoms with Crippen molar-refractivity contribution in [3.05, 3.63) is 34.9 Å². The topological polar surface area (TPSA) is 29.1 Å². The molecule has 0 heterocycles. The summed E-state index contributed by atoms with van der Waals surface area (Å²) in [6, 6.07) is 5.86. The zero-order chi connectivity index (χ0) is 12.7. The highest BCUT2D eigenvalue weighted by Gasteiger charge is 2.07. The highest BCUT2D eigenvalue weighted by Crippen LogP contribution is 2.10. The van der Waals surface area contributed by atoms with Crippen molar-refractivity contribution in [2.24, 2.45) is 0 Å². The summed E-state index contributed by atoms with van der Waals surface area (Å²) in [5.74, 6) is 2.59. The quantitative estimate of drug-likeness (QED) is 0.610. The van der Waals surface area contributed by atoms with Crippen LogP contribution in [-0.2, 0) is 0 Å². The first-order chi connectivity index (χ1) is 8.15. The molecule has 1 N–H and O–H groups in total. The second-order valence-corrected chi connectivity index (χ2v) is 4.24. The van der Waals surface area contributed by atoms with Crippen LogP contribution in [0.1, 0.15) is 40.7 Å². The predicted molar refractivity (Wildman–Crippen MR) is 70.9 cm³/mol. The number of unbranched alkanes of at least 4 members (excludes halogenated alkanes) is 2. The molecule has 1 aromatic carbocycles. The molecule has 0 bridgehead atoms. The average Bonchev–Trinajstić information content (AvgIpc) is 2.28.